The number of nitrogens with zero attached hydrogens (tertiary/aromatic N) is 3. The van der Waals surface area contributed by atoms with Crippen LogP contribution in [0, 0.1) is 0 Å². The third-order valence-corrected chi connectivity index (χ3v) is 2.35. The second kappa shape index (κ2) is 3.51. The van der Waals surface area contributed by atoms with Gasteiger partial charge in [-0.05, 0) is 6.07 Å². The van der Waals surface area contributed by atoms with Gasteiger partial charge in [0.15, 0.2) is 5.82 Å². The maximum atomic E-state index is 10.8. The standard InChI is InChI=1S/C8H5N3O2S/c12-8(13)6-5(11-4-14-6)7-9-2-1-3-10-7/h1-4H,(H,12,13). The molecule has 0 atom stereocenters. The Bertz CT molecular complexity index is 455. The molecule has 14 heavy (non-hydrogen) atoms. The molecule has 0 fully saturated rings. The van der Waals surface area contributed by atoms with Crippen LogP contribution in [0.4, 0.5) is 0 Å². The smallest absolute Gasteiger partial charge is 0.348 e. The van der Waals surface area contributed by atoms with Crippen LogP contribution >= 0.6 is 11.3 Å². The summed E-state index contributed by atoms with van der Waals surface area (Å²) >= 11 is 1.06. The summed E-state index contributed by atoms with van der Waals surface area (Å²) in [5.74, 6) is -0.666. The SMILES string of the molecule is O=C(O)c1scnc1-c1ncccn1. The zero-order chi connectivity index (χ0) is 9.97. The predicted octanol–water partition coefficient (Wildman–Crippen LogP) is 1.30. The molecule has 2 aromatic rings. The number of hydrogen-bond donors (Lipinski definition) is 1. The highest BCUT2D eigenvalue weighted by Crippen LogP contribution is 2.21. The molecule has 0 saturated carbocycles. The quantitative estimate of drug-likeness (QED) is 0.803. The van der Waals surface area contributed by atoms with Gasteiger partial charge in [-0.2, -0.15) is 0 Å². The minimum absolute atomic E-state index is 0.163. The third kappa shape index (κ3) is 1.47. The molecule has 0 spiro atoms. The molecule has 6 heteroatoms. The van der Waals surface area contributed by atoms with Gasteiger partial charge in [-0.3, -0.25) is 0 Å². The number of aromatic nitrogens is 3. The highest BCUT2D eigenvalue weighted by Gasteiger charge is 2.16. The summed E-state index contributed by atoms with van der Waals surface area (Å²) in [5, 5.41) is 8.83. The van der Waals surface area contributed by atoms with E-state index in [4.69, 9.17) is 5.11 Å². The Morgan fingerprint density at radius 2 is 2.00 bits per heavy atom. The van der Waals surface area contributed by atoms with E-state index in [1.165, 1.54) is 5.51 Å². The van der Waals surface area contributed by atoms with Gasteiger partial charge in [0.05, 0.1) is 5.51 Å². The Balaban J connectivity index is 2.52. The summed E-state index contributed by atoms with van der Waals surface area (Å²) in [4.78, 5) is 22.7. The molecule has 0 aromatic carbocycles. The normalized spacial score (nSPS) is 10.0. The van der Waals surface area contributed by atoms with E-state index in [0.29, 0.717) is 11.5 Å². The maximum Gasteiger partial charge on any atom is 0.348 e. The van der Waals surface area contributed by atoms with Crippen LogP contribution in [0.25, 0.3) is 11.5 Å². The van der Waals surface area contributed by atoms with Crippen molar-refractivity contribution in [3.63, 3.8) is 0 Å². The summed E-state index contributed by atoms with van der Waals surface area (Å²) < 4.78 is 0. The van der Waals surface area contributed by atoms with Gasteiger partial charge in [0, 0.05) is 12.4 Å². The highest BCUT2D eigenvalue weighted by molar-refractivity contribution is 7.12. The van der Waals surface area contributed by atoms with Crippen molar-refractivity contribution in [2.75, 3.05) is 0 Å². The fourth-order valence-electron chi connectivity index (χ4n) is 0.979. The molecule has 0 aliphatic rings. The number of carboxylic acids is 1. The van der Waals surface area contributed by atoms with Crippen LogP contribution in [0.5, 0.6) is 0 Å². The van der Waals surface area contributed by atoms with Gasteiger partial charge in [0.25, 0.3) is 0 Å². The van der Waals surface area contributed by atoms with Crippen LogP contribution in [0.2, 0.25) is 0 Å². The van der Waals surface area contributed by atoms with Crippen LogP contribution in [0.15, 0.2) is 24.0 Å². The van der Waals surface area contributed by atoms with E-state index >= 15 is 0 Å². The number of aromatic carboxylic acids is 1. The van der Waals surface area contributed by atoms with Gasteiger partial charge in [-0.1, -0.05) is 0 Å². The lowest BCUT2D eigenvalue weighted by Gasteiger charge is -1.94. The molecule has 2 aromatic heterocycles. The van der Waals surface area contributed by atoms with Crippen molar-refractivity contribution >= 4 is 17.3 Å². The number of carboxylic acid groups (broad SMARTS) is 1. The van der Waals surface area contributed by atoms with E-state index in [-0.39, 0.29) is 4.88 Å². The van der Waals surface area contributed by atoms with Crippen molar-refractivity contribution in [2.24, 2.45) is 0 Å². The van der Waals surface area contributed by atoms with Crippen molar-refractivity contribution in [3.8, 4) is 11.5 Å². The van der Waals surface area contributed by atoms with Crippen LogP contribution in [-0.4, -0.2) is 26.0 Å². The molecule has 5 nitrogen and oxygen atoms in total. The average molecular weight is 207 g/mol. The van der Waals surface area contributed by atoms with Gasteiger partial charge in [-0.25, -0.2) is 19.7 Å². The van der Waals surface area contributed by atoms with E-state index in [9.17, 15) is 4.79 Å². The van der Waals surface area contributed by atoms with E-state index in [0.717, 1.165) is 11.3 Å². The molecule has 2 heterocycles. The summed E-state index contributed by atoms with van der Waals surface area (Å²) in [6, 6.07) is 1.66. The fourth-order valence-corrected chi connectivity index (χ4v) is 1.60. The first kappa shape index (κ1) is 8.76. The average Bonchev–Trinajstić information content (AvgIpc) is 2.67. The van der Waals surface area contributed by atoms with Gasteiger partial charge >= 0.3 is 5.97 Å². The molecule has 0 saturated heterocycles. The second-order valence-electron chi connectivity index (χ2n) is 2.41. The first-order valence-electron chi connectivity index (χ1n) is 3.73. The van der Waals surface area contributed by atoms with Crippen LogP contribution in [0.1, 0.15) is 9.67 Å². The zero-order valence-electron chi connectivity index (χ0n) is 6.91. The van der Waals surface area contributed by atoms with Crippen molar-refractivity contribution in [3.05, 3.63) is 28.8 Å². The van der Waals surface area contributed by atoms with E-state index < -0.39 is 5.97 Å². The van der Waals surface area contributed by atoms with Gasteiger partial charge < -0.3 is 5.11 Å². The third-order valence-electron chi connectivity index (χ3n) is 1.54. The molecule has 0 unspecified atom stereocenters. The largest absolute Gasteiger partial charge is 0.477 e. The molecule has 0 bridgehead atoms. The number of thiazole rings is 1. The van der Waals surface area contributed by atoms with Crippen molar-refractivity contribution in [2.45, 2.75) is 0 Å². The summed E-state index contributed by atoms with van der Waals surface area (Å²) in [5.41, 5.74) is 1.79. The Labute approximate surface area is 83.1 Å². The molecule has 0 aliphatic heterocycles. The number of hydrogen-bond acceptors (Lipinski definition) is 5. The minimum atomic E-state index is -1.00. The summed E-state index contributed by atoms with van der Waals surface area (Å²) in [7, 11) is 0. The maximum absolute atomic E-state index is 10.8. The number of rotatable bonds is 2. The Morgan fingerprint density at radius 3 is 2.64 bits per heavy atom. The van der Waals surface area contributed by atoms with Crippen molar-refractivity contribution in [1.82, 2.24) is 15.0 Å². The lowest BCUT2D eigenvalue weighted by molar-refractivity contribution is 0.0702. The van der Waals surface area contributed by atoms with Crippen LogP contribution in [0.3, 0.4) is 0 Å². The monoisotopic (exact) mass is 207 g/mol. The van der Waals surface area contributed by atoms with E-state index in [1.54, 1.807) is 18.5 Å². The Morgan fingerprint density at radius 1 is 1.29 bits per heavy atom. The number of carbonyl (C=O) groups is 1. The highest BCUT2D eigenvalue weighted by atomic mass is 32.1. The molecule has 0 radical (unpaired) electrons. The van der Waals surface area contributed by atoms with Crippen LogP contribution < -0.4 is 0 Å². The summed E-state index contributed by atoms with van der Waals surface area (Å²) in [6.45, 7) is 0. The zero-order valence-corrected chi connectivity index (χ0v) is 7.73. The first-order valence-corrected chi connectivity index (χ1v) is 4.61. The lowest BCUT2D eigenvalue weighted by Crippen LogP contribution is -1.97. The molecular formula is C8H5N3O2S. The molecule has 70 valence electrons. The van der Waals surface area contributed by atoms with Crippen molar-refractivity contribution < 1.29 is 9.90 Å². The molecule has 0 amide bonds. The predicted molar refractivity (Wildman–Crippen MR) is 50.1 cm³/mol. The van der Waals surface area contributed by atoms with Crippen molar-refractivity contribution in [1.29, 1.82) is 0 Å². The second-order valence-corrected chi connectivity index (χ2v) is 3.26. The van der Waals surface area contributed by atoms with Gasteiger partial charge in [0.2, 0.25) is 0 Å². The summed E-state index contributed by atoms with van der Waals surface area (Å²) in [6.07, 6.45) is 3.10. The Kier molecular flexibility index (Phi) is 2.19. The van der Waals surface area contributed by atoms with Crippen LogP contribution in [-0.2, 0) is 0 Å². The first-order chi connectivity index (χ1) is 6.79. The lowest BCUT2D eigenvalue weighted by atomic mass is 10.3. The molecule has 0 aliphatic carbocycles. The van der Waals surface area contributed by atoms with E-state index in [1.807, 2.05) is 0 Å². The molecular weight excluding hydrogens is 202 g/mol. The van der Waals surface area contributed by atoms with E-state index in [2.05, 4.69) is 15.0 Å². The fraction of sp³-hybridized carbons (Fsp3) is 0. The Hall–Kier alpha value is -1.82. The molecule has 2 rings (SSSR count). The topological polar surface area (TPSA) is 76.0 Å². The van der Waals surface area contributed by atoms with Gasteiger partial charge in [0.1, 0.15) is 10.6 Å². The minimum Gasteiger partial charge on any atom is -0.477 e. The molecule has 1 N–H and O–H groups in total. The van der Waals surface area contributed by atoms with Gasteiger partial charge in [-0.15, -0.1) is 11.3 Å².